The average Bonchev–Trinajstić information content (AvgIpc) is 1.90. The van der Waals surface area contributed by atoms with E-state index in [0.29, 0.717) is 0 Å². The number of benzene rings is 1. The monoisotopic (exact) mass is 158 g/mol. The van der Waals surface area contributed by atoms with Gasteiger partial charge in [-0.05, 0) is 0 Å². The van der Waals surface area contributed by atoms with E-state index < -0.39 is 0 Å². The van der Waals surface area contributed by atoms with Crippen molar-refractivity contribution in [2.75, 3.05) is 0 Å². The quantitative estimate of drug-likeness (QED) is 0.648. The molecular formula is C7H6CrO. The van der Waals surface area contributed by atoms with E-state index in [0.717, 1.165) is 5.56 Å². The van der Waals surface area contributed by atoms with Crippen LogP contribution in [0.4, 0.5) is 0 Å². The van der Waals surface area contributed by atoms with Gasteiger partial charge in [-0.15, -0.1) is 0 Å². The van der Waals surface area contributed by atoms with Gasteiger partial charge in [0.2, 0.25) is 0 Å². The molecule has 0 heterocycles. The van der Waals surface area contributed by atoms with Crippen LogP contribution < -0.4 is 0 Å². The third-order valence-corrected chi connectivity index (χ3v) is 1.39. The summed E-state index contributed by atoms with van der Waals surface area (Å²) in [6.45, 7) is 0. The third-order valence-electron chi connectivity index (χ3n) is 1.02. The van der Waals surface area contributed by atoms with Gasteiger partial charge in [0, 0.05) is 0 Å². The first-order valence-electron chi connectivity index (χ1n) is 2.59. The molecule has 0 saturated heterocycles. The van der Waals surface area contributed by atoms with E-state index in [9.17, 15) is 0 Å². The maximum atomic E-state index is 8.88. The number of aliphatic hydroxyl groups is 1. The molecule has 0 spiro atoms. The first kappa shape index (κ1) is 6.70. The van der Waals surface area contributed by atoms with Crippen molar-refractivity contribution in [1.29, 1.82) is 0 Å². The van der Waals surface area contributed by atoms with Crippen LogP contribution in [0.2, 0.25) is 0 Å². The molecule has 9 heavy (non-hydrogen) atoms. The molecular weight excluding hydrogens is 152 g/mol. The summed E-state index contributed by atoms with van der Waals surface area (Å²) in [5.41, 5.74) is 0.831. The van der Waals surface area contributed by atoms with Crippen LogP contribution in [0.1, 0.15) is 5.56 Å². The zero-order valence-electron chi connectivity index (χ0n) is 4.74. The molecule has 0 aliphatic rings. The van der Waals surface area contributed by atoms with Crippen LogP contribution in [0.15, 0.2) is 30.3 Å². The SMILES string of the molecule is O[C](=[Cr])c1ccccc1. The summed E-state index contributed by atoms with van der Waals surface area (Å²) in [4.78, 5) is 0. The predicted octanol–water partition coefficient (Wildman–Crippen LogP) is 1.08. The minimum absolute atomic E-state index is 0.246. The average molecular weight is 158 g/mol. The van der Waals surface area contributed by atoms with Crippen molar-refractivity contribution < 1.29 is 21.0 Å². The standard InChI is InChI=1S/C7H6O.Cr/c8-6-7-4-2-1-3-5-7;/h1-5,8H;. The molecule has 1 nitrogen and oxygen atoms in total. The van der Waals surface area contributed by atoms with Crippen molar-refractivity contribution in [1.82, 2.24) is 0 Å². The maximum absolute atomic E-state index is 8.88. The fraction of sp³-hybridized carbons (Fsp3) is 0. The molecule has 0 fully saturated rings. The van der Waals surface area contributed by atoms with Gasteiger partial charge in [0.15, 0.2) is 0 Å². The van der Waals surface area contributed by atoms with Gasteiger partial charge in [-0.2, -0.15) is 0 Å². The number of hydrogen-bond acceptors (Lipinski definition) is 1. The van der Waals surface area contributed by atoms with Gasteiger partial charge in [0.25, 0.3) is 0 Å². The number of rotatable bonds is 1. The van der Waals surface area contributed by atoms with E-state index >= 15 is 0 Å². The van der Waals surface area contributed by atoms with E-state index in [-0.39, 0.29) is 4.57 Å². The Kier molecular flexibility index (Phi) is 2.18. The second-order valence-electron chi connectivity index (χ2n) is 1.67. The van der Waals surface area contributed by atoms with Crippen LogP contribution in [-0.2, 0) is 15.9 Å². The molecule has 1 aromatic carbocycles. The first-order chi connectivity index (χ1) is 4.30. The number of aliphatic hydroxyl groups excluding tert-OH is 1. The Morgan fingerprint density at radius 2 is 1.78 bits per heavy atom. The Hall–Kier alpha value is -0.418. The van der Waals surface area contributed by atoms with Gasteiger partial charge < -0.3 is 0 Å². The molecule has 0 amide bonds. The van der Waals surface area contributed by atoms with Gasteiger partial charge in [0.1, 0.15) is 0 Å². The van der Waals surface area contributed by atoms with Gasteiger partial charge in [0.05, 0.1) is 0 Å². The van der Waals surface area contributed by atoms with Crippen LogP contribution >= 0.6 is 0 Å². The minimum atomic E-state index is 0.246. The first-order valence-corrected chi connectivity index (χ1v) is 3.23. The van der Waals surface area contributed by atoms with Crippen molar-refractivity contribution in [2.45, 2.75) is 0 Å². The molecule has 0 aliphatic carbocycles. The topological polar surface area (TPSA) is 20.2 Å². The summed E-state index contributed by atoms with van der Waals surface area (Å²) in [6, 6.07) is 9.34. The van der Waals surface area contributed by atoms with E-state index in [1.165, 1.54) is 0 Å². The Morgan fingerprint density at radius 3 is 2.11 bits per heavy atom. The van der Waals surface area contributed by atoms with Crippen LogP contribution in [0.5, 0.6) is 0 Å². The molecule has 0 unspecified atom stereocenters. The van der Waals surface area contributed by atoms with E-state index in [4.69, 9.17) is 5.11 Å². The van der Waals surface area contributed by atoms with Gasteiger partial charge in [-0.1, -0.05) is 0 Å². The molecule has 2 heteroatoms. The molecule has 46 valence electrons. The third kappa shape index (κ3) is 1.76. The molecule has 0 aromatic heterocycles. The molecule has 0 bridgehead atoms. The van der Waals surface area contributed by atoms with Crippen molar-refractivity contribution in [2.24, 2.45) is 0 Å². The zero-order valence-corrected chi connectivity index (χ0v) is 6.02. The molecule has 1 N–H and O–H groups in total. The van der Waals surface area contributed by atoms with Crippen molar-refractivity contribution in [3.05, 3.63) is 35.9 Å². The summed E-state index contributed by atoms with van der Waals surface area (Å²) >= 11 is 2.53. The Labute approximate surface area is 61.9 Å². The van der Waals surface area contributed by atoms with Gasteiger partial charge in [-0.25, -0.2) is 0 Å². The van der Waals surface area contributed by atoms with Gasteiger partial charge >= 0.3 is 61.4 Å². The van der Waals surface area contributed by atoms with Gasteiger partial charge in [-0.3, -0.25) is 0 Å². The zero-order chi connectivity index (χ0) is 6.69. The molecule has 0 atom stereocenters. The summed E-state index contributed by atoms with van der Waals surface area (Å²) in [6.07, 6.45) is 0. The van der Waals surface area contributed by atoms with E-state index in [1.807, 2.05) is 30.3 Å². The predicted molar refractivity (Wildman–Crippen MR) is 32.5 cm³/mol. The Balaban J connectivity index is 2.98. The molecule has 1 rings (SSSR count). The molecule has 0 saturated carbocycles. The normalized spacial score (nSPS) is 9.00. The fourth-order valence-electron chi connectivity index (χ4n) is 0.581. The van der Waals surface area contributed by atoms with Crippen molar-refractivity contribution in [3.63, 3.8) is 0 Å². The second kappa shape index (κ2) is 2.93. The van der Waals surface area contributed by atoms with E-state index in [2.05, 4.69) is 15.9 Å². The van der Waals surface area contributed by atoms with E-state index in [1.54, 1.807) is 0 Å². The fourth-order valence-corrected chi connectivity index (χ4v) is 0.793. The number of hydrogen-bond donors (Lipinski definition) is 1. The van der Waals surface area contributed by atoms with Crippen LogP contribution in [-0.4, -0.2) is 9.67 Å². The van der Waals surface area contributed by atoms with Crippen LogP contribution in [0.25, 0.3) is 0 Å². The second-order valence-corrected chi connectivity index (χ2v) is 2.28. The van der Waals surface area contributed by atoms with Crippen LogP contribution in [0.3, 0.4) is 0 Å². The van der Waals surface area contributed by atoms with Crippen molar-refractivity contribution >= 4 is 4.57 Å². The summed E-state index contributed by atoms with van der Waals surface area (Å²) in [5, 5.41) is 8.88. The Bertz CT molecular complexity index is 205. The molecule has 1 aromatic rings. The van der Waals surface area contributed by atoms with Crippen LogP contribution in [0, 0.1) is 0 Å². The molecule has 0 aliphatic heterocycles. The molecule has 0 radical (unpaired) electrons. The summed E-state index contributed by atoms with van der Waals surface area (Å²) < 4.78 is 0.246. The van der Waals surface area contributed by atoms with Crippen molar-refractivity contribution in [3.8, 4) is 0 Å². The summed E-state index contributed by atoms with van der Waals surface area (Å²) in [5.74, 6) is 0. The Morgan fingerprint density at radius 1 is 1.22 bits per heavy atom. The summed E-state index contributed by atoms with van der Waals surface area (Å²) in [7, 11) is 0.